The van der Waals surface area contributed by atoms with Crippen molar-refractivity contribution in [2.24, 2.45) is 5.92 Å². The molecule has 1 aromatic carbocycles. The second kappa shape index (κ2) is 6.83. The van der Waals surface area contributed by atoms with Crippen LogP contribution >= 0.6 is 11.3 Å². The predicted molar refractivity (Wildman–Crippen MR) is 82.3 cm³/mol. The van der Waals surface area contributed by atoms with E-state index in [1.54, 1.807) is 11.3 Å². The van der Waals surface area contributed by atoms with Crippen LogP contribution in [0.2, 0.25) is 0 Å². The van der Waals surface area contributed by atoms with Crippen molar-refractivity contribution in [1.29, 1.82) is 0 Å². The Morgan fingerprint density at radius 3 is 2.53 bits per heavy atom. The molecule has 0 aliphatic heterocycles. The number of hydrogen-bond donors (Lipinski definition) is 1. The van der Waals surface area contributed by atoms with Gasteiger partial charge >= 0.3 is 0 Å². The van der Waals surface area contributed by atoms with E-state index in [1.165, 1.54) is 15.4 Å². The number of aryl methyl sites for hydroxylation is 1. The van der Waals surface area contributed by atoms with E-state index in [2.05, 4.69) is 61.4 Å². The van der Waals surface area contributed by atoms with E-state index in [4.69, 9.17) is 0 Å². The second-order valence-electron chi connectivity index (χ2n) is 5.34. The molecule has 2 nitrogen and oxygen atoms in total. The fourth-order valence-corrected chi connectivity index (χ4v) is 2.93. The maximum atomic E-state index is 4.42. The summed E-state index contributed by atoms with van der Waals surface area (Å²) in [5.74, 6) is 0.677. The van der Waals surface area contributed by atoms with Gasteiger partial charge in [0.15, 0.2) is 0 Å². The molecule has 1 atom stereocenters. The molecule has 0 bridgehead atoms. The lowest BCUT2D eigenvalue weighted by Gasteiger charge is -2.20. The molecular formula is C16H22N2S. The van der Waals surface area contributed by atoms with Crippen LogP contribution in [0.1, 0.15) is 41.8 Å². The summed E-state index contributed by atoms with van der Waals surface area (Å²) in [6.45, 7) is 7.49. The number of nitrogens with one attached hydrogen (secondary N) is 1. The zero-order chi connectivity index (χ0) is 13.7. The van der Waals surface area contributed by atoms with Crippen LogP contribution in [0.5, 0.6) is 0 Å². The van der Waals surface area contributed by atoms with Crippen LogP contribution in [0.3, 0.4) is 0 Å². The highest BCUT2D eigenvalue weighted by atomic mass is 32.1. The SMILES string of the molecule is Cc1cnc(CNC(CC(C)C)c2ccccc2)s1. The molecule has 2 aromatic rings. The van der Waals surface area contributed by atoms with Crippen molar-refractivity contribution >= 4 is 11.3 Å². The minimum atomic E-state index is 0.408. The van der Waals surface area contributed by atoms with Crippen LogP contribution in [0.25, 0.3) is 0 Å². The summed E-state index contributed by atoms with van der Waals surface area (Å²) in [6.07, 6.45) is 3.09. The molecule has 0 amide bonds. The molecule has 102 valence electrons. The first kappa shape index (κ1) is 14.2. The van der Waals surface area contributed by atoms with E-state index in [1.807, 2.05) is 6.20 Å². The first-order chi connectivity index (χ1) is 9.15. The van der Waals surface area contributed by atoms with E-state index in [-0.39, 0.29) is 0 Å². The van der Waals surface area contributed by atoms with Crippen LogP contribution < -0.4 is 5.32 Å². The number of aromatic nitrogens is 1. The van der Waals surface area contributed by atoms with Gasteiger partial charge in [-0.2, -0.15) is 0 Å². The maximum absolute atomic E-state index is 4.42. The fourth-order valence-electron chi connectivity index (χ4n) is 2.19. The summed E-state index contributed by atoms with van der Waals surface area (Å²) in [5.41, 5.74) is 1.37. The molecule has 0 radical (unpaired) electrons. The molecule has 1 N–H and O–H groups in total. The van der Waals surface area contributed by atoms with Gasteiger partial charge in [0.05, 0.1) is 0 Å². The van der Waals surface area contributed by atoms with Crippen molar-refractivity contribution in [1.82, 2.24) is 10.3 Å². The highest BCUT2D eigenvalue weighted by Crippen LogP contribution is 2.22. The number of benzene rings is 1. The molecule has 0 spiro atoms. The maximum Gasteiger partial charge on any atom is 0.107 e. The van der Waals surface area contributed by atoms with Gasteiger partial charge < -0.3 is 5.32 Å². The number of hydrogen-bond acceptors (Lipinski definition) is 3. The first-order valence-electron chi connectivity index (χ1n) is 6.85. The van der Waals surface area contributed by atoms with Crippen molar-refractivity contribution < 1.29 is 0 Å². The lowest BCUT2D eigenvalue weighted by atomic mass is 9.97. The molecular weight excluding hydrogens is 252 g/mol. The molecule has 19 heavy (non-hydrogen) atoms. The van der Waals surface area contributed by atoms with E-state index in [0.717, 1.165) is 13.0 Å². The van der Waals surface area contributed by atoms with Crippen molar-refractivity contribution in [3.05, 3.63) is 52.0 Å². The zero-order valence-corrected chi connectivity index (χ0v) is 12.7. The minimum absolute atomic E-state index is 0.408. The quantitative estimate of drug-likeness (QED) is 0.848. The van der Waals surface area contributed by atoms with Gasteiger partial charge in [-0.3, -0.25) is 0 Å². The Bertz CT molecular complexity index is 490. The van der Waals surface area contributed by atoms with Crippen molar-refractivity contribution in [2.45, 2.75) is 39.8 Å². The smallest absolute Gasteiger partial charge is 0.107 e. The number of nitrogens with zero attached hydrogens (tertiary/aromatic N) is 1. The summed E-state index contributed by atoms with van der Waals surface area (Å²) in [4.78, 5) is 5.69. The lowest BCUT2D eigenvalue weighted by Crippen LogP contribution is -2.22. The molecule has 0 saturated carbocycles. The highest BCUT2D eigenvalue weighted by Gasteiger charge is 2.13. The van der Waals surface area contributed by atoms with E-state index in [9.17, 15) is 0 Å². The summed E-state index contributed by atoms with van der Waals surface area (Å²) in [7, 11) is 0. The van der Waals surface area contributed by atoms with E-state index in [0.29, 0.717) is 12.0 Å². The van der Waals surface area contributed by atoms with Crippen molar-refractivity contribution in [3.8, 4) is 0 Å². The van der Waals surface area contributed by atoms with Gasteiger partial charge in [-0.1, -0.05) is 44.2 Å². The second-order valence-corrected chi connectivity index (χ2v) is 6.66. The van der Waals surface area contributed by atoms with Crippen LogP contribution in [-0.2, 0) is 6.54 Å². The zero-order valence-electron chi connectivity index (χ0n) is 11.9. The van der Waals surface area contributed by atoms with Gasteiger partial charge in [-0.15, -0.1) is 11.3 Å². The van der Waals surface area contributed by atoms with E-state index >= 15 is 0 Å². The Labute approximate surface area is 119 Å². The highest BCUT2D eigenvalue weighted by molar-refractivity contribution is 7.11. The third kappa shape index (κ3) is 4.44. The molecule has 0 aliphatic rings. The topological polar surface area (TPSA) is 24.9 Å². The van der Waals surface area contributed by atoms with E-state index < -0.39 is 0 Å². The Kier molecular flexibility index (Phi) is 5.11. The predicted octanol–water partition coefficient (Wildman–Crippen LogP) is 4.33. The van der Waals surface area contributed by atoms with Gasteiger partial charge in [0.1, 0.15) is 5.01 Å². The van der Waals surface area contributed by atoms with Crippen molar-refractivity contribution in [3.63, 3.8) is 0 Å². The first-order valence-corrected chi connectivity index (χ1v) is 7.66. The largest absolute Gasteiger partial charge is 0.304 e. The van der Waals surface area contributed by atoms with Crippen LogP contribution in [0.4, 0.5) is 0 Å². The van der Waals surface area contributed by atoms with Gasteiger partial charge in [0.25, 0.3) is 0 Å². The minimum Gasteiger partial charge on any atom is -0.304 e. The normalized spacial score (nSPS) is 12.8. The monoisotopic (exact) mass is 274 g/mol. The molecule has 0 aliphatic carbocycles. The van der Waals surface area contributed by atoms with Gasteiger partial charge in [0, 0.05) is 23.7 Å². The number of rotatable bonds is 6. The Hall–Kier alpha value is -1.19. The molecule has 1 unspecified atom stereocenters. The fraction of sp³-hybridized carbons (Fsp3) is 0.438. The summed E-state index contributed by atoms with van der Waals surface area (Å²) < 4.78 is 0. The average Bonchev–Trinajstić information content (AvgIpc) is 2.81. The summed E-state index contributed by atoms with van der Waals surface area (Å²) in [5, 5.41) is 4.81. The molecule has 0 saturated heterocycles. The van der Waals surface area contributed by atoms with Gasteiger partial charge in [-0.25, -0.2) is 4.98 Å². The molecule has 1 heterocycles. The molecule has 3 heteroatoms. The number of thiazole rings is 1. The standard InChI is InChI=1S/C16H22N2S/c1-12(2)9-15(14-7-5-4-6-8-14)17-11-16-18-10-13(3)19-16/h4-8,10,12,15,17H,9,11H2,1-3H3. The Morgan fingerprint density at radius 2 is 1.95 bits per heavy atom. The van der Waals surface area contributed by atoms with Gasteiger partial charge in [-0.05, 0) is 24.8 Å². The molecule has 2 rings (SSSR count). The van der Waals surface area contributed by atoms with Crippen LogP contribution in [0, 0.1) is 12.8 Å². The lowest BCUT2D eigenvalue weighted by molar-refractivity contribution is 0.428. The van der Waals surface area contributed by atoms with Crippen LogP contribution in [-0.4, -0.2) is 4.98 Å². The Morgan fingerprint density at radius 1 is 1.21 bits per heavy atom. The molecule has 1 aromatic heterocycles. The third-order valence-electron chi connectivity index (χ3n) is 3.08. The average molecular weight is 274 g/mol. The third-order valence-corrected chi connectivity index (χ3v) is 3.99. The molecule has 0 fully saturated rings. The van der Waals surface area contributed by atoms with Crippen molar-refractivity contribution in [2.75, 3.05) is 0 Å². The van der Waals surface area contributed by atoms with Crippen LogP contribution in [0.15, 0.2) is 36.5 Å². The summed E-state index contributed by atoms with van der Waals surface area (Å²) >= 11 is 1.77. The van der Waals surface area contributed by atoms with Gasteiger partial charge in [0.2, 0.25) is 0 Å². The Balaban J connectivity index is 2.02. The summed E-state index contributed by atoms with van der Waals surface area (Å²) in [6, 6.07) is 11.1.